The van der Waals surface area contributed by atoms with Crippen LogP contribution in [-0.2, 0) is 12.0 Å². The normalized spacial score (nSPS) is 11.4. The van der Waals surface area contributed by atoms with E-state index in [1.54, 1.807) is 23.5 Å². The molecule has 0 amide bonds. The minimum atomic E-state index is -0.372. The van der Waals surface area contributed by atoms with Crippen LogP contribution in [0.2, 0.25) is 0 Å². The number of nitrogens with zero attached hydrogens (tertiary/aromatic N) is 2. The highest BCUT2D eigenvalue weighted by Crippen LogP contribution is 2.28. The fourth-order valence-corrected chi connectivity index (χ4v) is 2.78. The number of aryl methyl sites for hydroxylation is 1. The largest absolute Gasteiger partial charge is 0.374 e. The molecule has 2 rings (SSSR count). The van der Waals surface area contributed by atoms with Crippen LogP contribution < -0.4 is 5.32 Å². The zero-order valence-corrected chi connectivity index (χ0v) is 13.5. The first-order valence-corrected chi connectivity index (χ1v) is 7.59. The first-order valence-electron chi connectivity index (χ1n) is 6.71. The summed E-state index contributed by atoms with van der Waals surface area (Å²) >= 11 is 1.62. The van der Waals surface area contributed by atoms with Crippen LogP contribution in [-0.4, -0.2) is 9.91 Å². The van der Waals surface area contributed by atoms with Gasteiger partial charge in [-0.25, -0.2) is 4.98 Å². The number of anilines is 1. The van der Waals surface area contributed by atoms with E-state index in [0.717, 1.165) is 16.3 Å². The third-order valence-electron chi connectivity index (χ3n) is 3.00. The summed E-state index contributed by atoms with van der Waals surface area (Å²) in [6.45, 7) is 8.75. The topological polar surface area (TPSA) is 68.1 Å². The van der Waals surface area contributed by atoms with Gasteiger partial charge in [0.05, 0.1) is 22.2 Å². The van der Waals surface area contributed by atoms with Crippen LogP contribution in [0, 0.1) is 17.0 Å². The monoisotopic (exact) mass is 305 g/mol. The Balaban J connectivity index is 2.15. The Bertz CT molecular complexity index is 659. The summed E-state index contributed by atoms with van der Waals surface area (Å²) in [5.74, 6) is 0. The van der Waals surface area contributed by atoms with Crippen LogP contribution in [0.4, 0.5) is 11.4 Å². The molecule has 6 heteroatoms. The summed E-state index contributed by atoms with van der Waals surface area (Å²) in [7, 11) is 0. The lowest BCUT2D eigenvalue weighted by Gasteiger charge is -2.13. The predicted molar refractivity (Wildman–Crippen MR) is 86.0 cm³/mol. The molecule has 0 aliphatic carbocycles. The number of rotatable bonds is 4. The Morgan fingerprint density at radius 3 is 2.67 bits per heavy atom. The van der Waals surface area contributed by atoms with E-state index >= 15 is 0 Å². The molecule has 1 heterocycles. The lowest BCUT2D eigenvalue weighted by Crippen LogP contribution is -2.11. The van der Waals surface area contributed by atoms with E-state index in [-0.39, 0.29) is 16.0 Å². The zero-order valence-electron chi connectivity index (χ0n) is 12.6. The highest BCUT2D eigenvalue weighted by molar-refractivity contribution is 7.09. The van der Waals surface area contributed by atoms with E-state index in [1.165, 1.54) is 6.07 Å². The van der Waals surface area contributed by atoms with E-state index in [2.05, 4.69) is 31.1 Å². The second kappa shape index (κ2) is 5.81. The van der Waals surface area contributed by atoms with Gasteiger partial charge in [0, 0.05) is 16.9 Å². The molecule has 1 aromatic heterocycles. The van der Waals surface area contributed by atoms with Crippen LogP contribution in [0.15, 0.2) is 23.6 Å². The molecular weight excluding hydrogens is 286 g/mol. The van der Waals surface area contributed by atoms with E-state index in [1.807, 2.05) is 12.3 Å². The van der Waals surface area contributed by atoms with Crippen molar-refractivity contribution in [3.8, 4) is 0 Å². The average Bonchev–Trinajstić information content (AvgIpc) is 2.84. The fourth-order valence-electron chi connectivity index (χ4n) is 1.87. The number of nitro groups is 1. The molecule has 0 saturated heterocycles. The highest BCUT2D eigenvalue weighted by atomic mass is 32.1. The van der Waals surface area contributed by atoms with Gasteiger partial charge in [-0.1, -0.05) is 26.8 Å². The van der Waals surface area contributed by atoms with Gasteiger partial charge in [0.15, 0.2) is 0 Å². The van der Waals surface area contributed by atoms with Crippen molar-refractivity contribution in [3.05, 3.63) is 50.0 Å². The van der Waals surface area contributed by atoms with Crippen LogP contribution in [0.3, 0.4) is 0 Å². The minimum Gasteiger partial charge on any atom is -0.374 e. The summed E-state index contributed by atoms with van der Waals surface area (Å²) in [4.78, 5) is 15.2. The van der Waals surface area contributed by atoms with Gasteiger partial charge in [-0.15, -0.1) is 11.3 Å². The van der Waals surface area contributed by atoms with Gasteiger partial charge in [0.1, 0.15) is 5.69 Å². The number of hydrogen-bond acceptors (Lipinski definition) is 5. The smallest absolute Gasteiger partial charge is 0.292 e. The molecule has 1 aromatic carbocycles. The zero-order chi connectivity index (χ0) is 15.6. The number of thiazole rings is 1. The minimum absolute atomic E-state index is 0.0260. The maximum Gasteiger partial charge on any atom is 0.292 e. The van der Waals surface area contributed by atoms with Gasteiger partial charge >= 0.3 is 0 Å². The molecule has 0 spiro atoms. The average molecular weight is 305 g/mol. The first-order chi connectivity index (χ1) is 9.77. The number of hydrogen-bond donors (Lipinski definition) is 1. The molecule has 0 saturated carbocycles. The molecule has 5 nitrogen and oxygen atoms in total. The SMILES string of the molecule is Cc1ccc([N+](=O)[O-])c(NCc2csc(C(C)(C)C)n2)c1. The van der Waals surface area contributed by atoms with Gasteiger partial charge in [-0.3, -0.25) is 10.1 Å². The molecule has 0 radical (unpaired) electrons. The van der Waals surface area contributed by atoms with E-state index < -0.39 is 0 Å². The third kappa shape index (κ3) is 3.78. The van der Waals surface area contributed by atoms with Crippen LogP contribution in [0.25, 0.3) is 0 Å². The summed E-state index contributed by atoms with van der Waals surface area (Å²) in [6.07, 6.45) is 0. The molecule has 0 bridgehead atoms. The molecule has 112 valence electrons. The molecule has 21 heavy (non-hydrogen) atoms. The van der Waals surface area contributed by atoms with Gasteiger partial charge in [-0.05, 0) is 18.6 Å². The summed E-state index contributed by atoms with van der Waals surface area (Å²) < 4.78 is 0. The molecule has 0 aliphatic heterocycles. The van der Waals surface area contributed by atoms with Crippen LogP contribution in [0.5, 0.6) is 0 Å². The summed E-state index contributed by atoms with van der Waals surface area (Å²) in [5.41, 5.74) is 2.53. The Hall–Kier alpha value is -1.95. The quantitative estimate of drug-likeness (QED) is 0.676. The van der Waals surface area contributed by atoms with Crippen LogP contribution >= 0.6 is 11.3 Å². The number of nitrogens with one attached hydrogen (secondary N) is 1. The molecule has 0 unspecified atom stereocenters. The van der Waals surface area contributed by atoms with Gasteiger partial charge in [-0.2, -0.15) is 0 Å². The third-order valence-corrected chi connectivity index (χ3v) is 4.32. The van der Waals surface area contributed by atoms with Crippen molar-refractivity contribution in [1.82, 2.24) is 4.98 Å². The summed E-state index contributed by atoms with van der Waals surface area (Å²) in [5, 5.41) is 17.2. The van der Waals surface area contributed by atoms with Crippen molar-refractivity contribution in [3.63, 3.8) is 0 Å². The van der Waals surface area contributed by atoms with E-state index in [9.17, 15) is 10.1 Å². The van der Waals surface area contributed by atoms with Crippen LogP contribution in [0.1, 0.15) is 37.0 Å². The predicted octanol–water partition coefficient (Wildman–Crippen LogP) is 4.27. The van der Waals surface area contributed by atoms with Crippen molar-refractivity contribution in [2.75, 3.05) is 5.32 Å². The maximum absolute atomic E-state index is 11.0. The molecule has 0 aliphatic rings. The van der Waals surface area contributed by atoms with E-state index in [0.29, 0.717) is 12.2 Å². The molecule has 1 N–H and O–H groups in total. The van der Waals surface area contributed by atoms with Gasteiger partial charge in [0.25, 0.3) is 5.69 Å². The highest BCUT2D eigenvalue weighted by Gasteiger charge is 2.18. The Kier molecular flexibility index (Phi) is 4.27. The fraction of sp³-hybridized carbons (Fsp3) is 0.400. The molecule has 0 atom stereocenters. The van der Waals surface area contributed by atoms with Crippen molar-refractivity contribution < 1.29 is 4.92 Å². The first kappa shape index (κ1) is 15.4. The standard InChI is InChI=1S/C15H19N3O2S/c1-10-5-6-13(18(19)20)12(7-10)16-8-11-9-21-14(17-11)15(2,3)4/h5-7,9,16H,8H2,1-4H3. The summed E-state index contributed by atoms with van der Waals surface area (Å²) in [6, 6.07) is 5.05. The van der Waals surface area contributed by atoms with E-state index in [4.69, 9.17) is 0 Å². The lowest BCUT2D eigenvalue weighted by atomic mass is 9.98. The second-order valence-electron chi connectivity index (χ2n) is 6.03. The second-order valence-corrected chi connectivity index (χ2v) is 6.88. The van der Waals surface area contributed by atoms with Crippen molar-refractivity contribution in [1.29, 1.82) is 0 Å². The van der Waals surface area contributed by atoms with Crippen molar-refractivity contribution in [2.45, 2.75) is 39.7 Å². The molecule has 2 aromatic rings. The van der Waals surface area contributed by atoms with Gasteiger partial charge < -0.3 is 5.32 Å². The molecular formula is C15H19N3O2S. The molecule has 0 fully saturated rings. The van der Waals surface area contributed by atoms with Crippen molar-refractivity contribution in [2.24, 2.45) is 0 Å². The Labute approximate surface area is 128 Å². The maximum atomic E-state index is 11.0. The lowest BCUT2D eigenvalue weighted by molar-refractivity contribution is -0.384. The van der Waals surface area contributed by atoms with Gasteiger partial charge in [0.2, 0.25) is 0 Å². The Morgan fingerprint density at radius 2 is 2.10 bits per heavy atom. The number of nitro benzene ring substituents is 1. The van der Waals surface area contributed by atoms with Crippen molar-refractivity contribution >= 4 is 22.7 Å². The number of aromatic nitrogens is 1. The number of benzene rings is 1. The Morgan fingerprint density at radius 1 is 1.38 bits per heavy atom.